The largest absolute Gasteiger partial charge is 0.366 e. The number of hydrogen-bond acceptors (Lipinski definition) is 4. The number of benzene rings is 1. The number of pyridine rings is 1. The number of nitrogens with zero attached hydrogens (tertiary/aromatic N) is 2. The maximum atomic E-state index is 12.2. The quantitative estimate of drug-likeness (QED) is 0.794. The van der Waals surface area contributed by atoms with E-state index in [0.717, 1.165) is 11.1 Å². The van der Waals surface area contributed by atoms with E-state index in [1.54, 1.807) is 42.7 Å². The molecule has 6 heteroatoms. The third-order valence-corrected chi connectivity index (χ3v) is 3.25. The van der Waals surface area contributed by atoms with Gasteiger partial charge in [0, 0.05) is 36.3 Å². The normalized spacial score (nSPS) is 11.0. The summed E-state index contributed by atoms with van der Waals surface area (Å²) in [6.45, 7) is 0.626. The Morgan fingerprint density at radius 2 is 2.08 bits per heavy atom. The number of nitrogens with two attached hydrogens (primary N) is 1. The van der Waals surface area contributed by atoms with Crippen molar-refractivity contribution in [3.8, 4) is 0 Å². The van der Waals surface area contributed by atoms with Crippen LogP contribution in [-0.2, 0) is 11.3 Å². The molecule has 1 aromatic heterocycles. The van der Waals surface area contributed by atoms with Crippen molar-refractivity contribution in [2.45, 2.75) is 6.54 Å². The molecule has 3 N–H and O–H groups in total. The minimum Gasteiger partial charge on any atom is -0.366 e. The van der Waals surface area contributed by atoms with Crippen molar-refractivity contribution >= 4 is 23.6 Å². The minimum absolute atomic E-state index is 0.291. The van der Waals surface area contributed by atoms with Gasteiger partial charge in [0.25, 0.3) is 0 Å². The highest BCUT2D eigenvalue weighted by Crippen LogP contribution is 2.19. The van der Waals surface area contributed by atoms with Gasteiger partial charge in [0.1, 0.15) is 0 Å². The van der Waals surface area contributed by atoms with Crippen LogP contribution in [0.5, 0.6) is 0 Å². The highest BCUT2D eigenvalue weighted by molar-refractivity contribution is 6.03. The fraction of sp³-hybridized carbons (Fsp3) is 0.167. The third kappa shape index (κ3) is 5.03. The highest BCUT2D eigenvalue weighted by Gasteiger charge is 2.10. The summed E-state index contributed by atoms with van der Waals surface area (Å²) < 4.78 is 0. The minimum atomic E-state index is -0.534. The van der Waals surface area contributed by atoms with Crippen molar-refractivity contribution in [1.29, 1.82) is 0 Å². The first-order chi connectivity index (χ1) is 11.5. The molecule has 0 saturated heterocycles. The molecule has 1 aromatic carbocycles. The van der Waals surface area contributed by atoms with E-state index < -0.39 is 5.91 Å². The second-order valence-corrected chi connectivity index (χ2v) is 5.58. The lowest BCUT2D eigenvalue weighted by molar-refractivity contribution is -0.111. The lowest BCUT2D eigenvalue weighted by Crippen LogP contribution is -2.17. The average Bonchev–Trinajstić information content (AvgIpc) is 2.55. The standard InChI is InChI=1S/C18H20N4O2/c1-22(2)12-15-7-6-14(18(19)24)10-16(15)21-17(23)8-5-13-4-3-9-20-11-13/h3-11H,12H2,1-2H3,(H2,19,24)(H,21,23)/b8-5+. The predicted octanol–water partition coefficient (Wildman–Crippen LogP) is 1.89. The lowest BCUT2D eigenvalue weighted by atomic mass is 10.1. The zero-order valence-corrected chi connectivity index (χ0v) is 13.7. The van der Waals surface area contributed by atoms with E-state index in [1.165, 1.54) is 6.08 Å². The van der Waals surface area contributed by atoms with Gasteiger partial charge in [-0.05, 0) is 49.5 Å². The number of carbonyl (C=O) groups is 2. The summed E-state index contributed by atoms with van der Waals surface area (Å²) >= 11 is 0. The first-order valence-electron chi connectivity index (χ1n) is 7.42. The Balaban J connectivity index is 2.19. The number of amides is 2. The zero-order valence-electron chi connectivity index (χ0n) is 13.7. The van der Waals surface area contributed by atoms with E-state index in [1.807, 2.05) is 25.1 Å². The van der Waals surface area contributed by atoms with E-state index in [-0.39, 0.29) is 5.91 Å². The molecule has 0 bridgehead atoms. The van der Waals surface area contributed by atoms with Gasteiger partial charge in [-0.15, -0.1) is 0 Å². The van der Waals surface area contributed by atoms with E-state index in [0.29, 0.717) is 17.8 Å². The molecule has 124 valence electrons. The molecule has 24 heavy (non-hydrogen) atoms. The van der Waals surface area contributed by atoms with Crippen LogP contribution in [0.4, 0.5) is 5.69 Å². The van der Waals surface area contributed by atoms with Crippen LogP contribution in [0.3, 0.4) is 0 Å². The lowest BCUT2D eigenvalue weighted by Gasteiger charge is -2.15. The molecule has 2 rings (SSSR count). The van der Waals surface area contributed by atoms with Crippen molar-refractivity contribution in [3.05, 3.63) is 65.5 Å². The molecule has 0 radical (unpaired) electrons. The van der Waals surface area contributed by atoms with Gasteiger partial charge in [0.2, 0.25) is 11.8 Å². The van der Waals surface area contributed by atoms with Gasteiger partial charge >= 0.3 is 0 Å². The molecule has 2 aromatic rings. The summed E-state index contributed by atoms with van der Waals surface area (Å²) in [5.41, 5.74) is 7.96. The SMILES string of the molecule is CN(C)Cc1ccc(C(N)=O)cc1NC(=O)/C=C/c1cccnc1. The van der Waals surface area contributed by atoms with Gasteiger partial charge < -0.3 is 16.0 Å². The van der Waals surface area contributed by atoms with Crippen molar-refractivity contribution in [2.24, 2.45) is 5.73 Å². The third-order valence-electron chi connectivity index (χ3n) is 3.25. The fourth-order valence-electron chi connectivity index (χ4n) is 2.15. The average molecular weight is 324 g/mol. The van der Waals surface area contributed by atoms with Crippen LogP contribution in [0.25, 0.3) is 6.08 Å². The number of hydrogen-bond donors (Lipinski definition) is 2. The molecular weight excluding hydrogens is 304 g/mol. The zero-order chi connectivity index (χ0) is 17.5. The van der Waals surface area contributed by atoms with E-state index in [2.05, 4.69) is 10.3 Å². The summed E-state index contributed by atoms with van der Waals surface area (Å²) in [6.07, 6.45) is 6.43. The van der Waals surface area contributed by atoms with Crippen LogP contribution in [0.15, 0.2) is 48.8 Å². The van der Waals surface area contributed by atoms with Crippen LogP contribution in [0.2, 0.25) is 0 Å². The molecule has 0 unspecified atom stereocenters. The first-order valence-corrected chi connectivity index (χ1v) is 7.42. The molecule has 6 nitrogen and oxygen atoms in total. The number of nitrogens with one attached hydrogen (secondary N) is 1. The maximum absolute atomic E-state index is 12.2. The summed E-state index contributed by atoms with van der Waals surface area (Å²) in [6, 6.07) is 8.69. The monoisotopic (exact) mass is 324 g/mol. The summed E-state index contributed by atoms with van der Waals surface area (Å²) in [7, 11) is 3.85. The Morgan fingerprint density at radius 1 is 1.29 bits per heavy atom. The Kier molecular flexibility index (Phi) is 5.81. The van der Waals surface area contributed by atoms with Crippen LogP contribution in [0, 0.1) is 0 Å². The van der Waals surface area contributed by atoms with E-state index in [9.17, 15) is 9.59 Å². The topological polar surface area (TPSA) is 88.3 Å². The molecule has 1 heterocycles. The summed E-state index contributed by atoms with van der Waals surface area (Å²) in [5.74, 6) is -0.826. The number of carbonyl (C=O) groups excluding carboxylic acids is 2. The molecule has 0 atom stereocenters. The molecule has 0 fully saturated rings. The number of aromatic nitrogens is 1. The van der Waals surface area contributed by atoms with Gasteiger partial charge in [-0.3, -0.25) is 14.6 Å². The van der Waals surface area contributed by atoms with Crippen molar-refractivity contribution in [3.63, 3.8) is 0 Å². The number of primary amides is 1. The van der Waals surface area contributed by atoms with Gasteiger partial charge in [-0.1, -0.05) is 12.1 Å². The second kappa shape index (κ2) is 8.03. The van der Waals surface area contributed by atoms with Gasteiger partial charge in [-0.25, -0.2) is 0 Å². The molecule has 0 aliphatic rings. The van der Waals surface area contributed by atoms with Crippen LogP contribution < -0.4 is 11.1 Å². The van der Waals surface area contributed by atoms with Crippen molar-refractivity contribution in [1.82, 2.24) is 9.88 Å². The smallest absolute Gasteiger partial charge is 0.248 e. The Labute approximate surface area is 141 Å². The number of anilines is 1. The Hall–Kier alpha value is -2.99. The van der Waals surface area contributed by atoms with Gasteiger partial charge in [0.05, 0.1) is 0 Å². The molecule has 0 saturated carbocycles. The highest BCUT2D eigenvalue weighted by atomic mass is 16.1. The van der Waals surface area contributed by atoms with E-state index in [4.69, 9.17) is 5.73 Å². The van der Waals surface area contributed by atoms with Crippen molar-refractivity contribution < 1.29 is 9.59 Å². The van der Waals surface area contributed by atoms with E-state index >= 15 is 0 Å². The number of rotatable bonds is 6. The van der Waals surface area contributed by atoms with Gasteiger partial charge in [0.15, 0.2) is 0 Å². The Bertz CT molecular complexity index is 755. The summed E-state index contributed by atoms with van der Waals surface area (Å²) in [5, 5.41) is 2.80. The van der Waals surface area contributed by atoms with Crippen LogP contribution >= 0.6 is 0 Å². The molecule has 0 spiro atoms. The molecule has 0 aliphatic heterocycles. The molecule has 0 aliphatic carbocycles. The second-order valence-electron chi connectivity index (χ2n) is 5.58. The Morgan fingerprint density at radius 3 is 2.71 bits per heavy atom. The summed E-state index contributed by atoms with van der Waals surface area (Å²) in [4.78, 5) is 29.5. The predicted molar refractivity (Wildman–Crippen MR) is 94.3 cm³/mol. The first kappa shape index (κ1) is 17.4. The molecule has 2 amide bonds. The fourth-order valence-corrected chi connectivity index (χ4v) is 2.15. The maximum Gasteiger partial charge on any atom is 0.248 e. The van der Waals surface area contributed by atoms with Gasteiger partial charge in [-0.2, -0.15) is 0 Å². The van der Waals surface area contributed by atoms with Crippen molar-refractivity contribution in [2.75, 3.05) is 19.4 Å². The molecular formula is C18H20N4O2. The van der Waals surface area contributed by atoms with Crippen LogP contribution in [-0.4, -0.2) is 35.8 Å². The van der Waals surface area contributed by atoms with Crippen LogP contribution in [0.1, 0.15) is 21.5 Å².